The van der Waals surface area contributed by atoms with Crippen molar-refractivity contribution in [2.75, 3.05) is 0 Å². The summed E-state index contributed by atoms with van der Waals surface area (Å²) in [6.07, 6.45) is -1.07. The monoisotopic (exact) mass is 378 g/mol. The lowest BCUT2D eigenvalue weighted by Crippen LogP contribution is -2.06. The molecule has 0 fully saturated rings. The molecule has 1 unspecified atom stereocenters. The quantitative estimate of drug-likeness (QED) is 0.802. The van der Waals surface area contributed by atoms with Gasteiger partial charge in [-0.25, -0.2) is 13.2 Å². The molecular formula is C14H10F3IO. The molecule has 1 atom stereocenters. The van der Waals surface area contributed by atoms with Gasteiger partial charge in [-0.15, -0.1) is 0 Å². The largest absolute Gasteiger partial charge is 0.388 e. The van der Waals surface area contributed by atoms with E-state index in [0.29, 0.717) is 9.13 Å². The van der Waals surface area contributed by atoms with E-state index in [4.69, 9.17) is 0 Å². The van der Waals surface area contributed by atoms with Crippen molar-refractivity contribution >= 4 is 22.6 Å². The van der Waals surface area contributed by atoms with Crippen LogP contribution in [0.2, 0.25) is 0 Å². The lowest BCUT2D eigenvalue weighted by molar-refractivity contribution is 0.176. The summed E-state index contributed by atoms with van der Waals surface area (Å²) in [5.41, 5.74) is 0.582. The summed E-state index contributed by atoms with van der Waals surface area (Å²) in [4.78, 5) is 0. The van der Waals surface area contributed by atoms with Crippen molar-refractivity contribution in [3.63, 3.8) is 0 Å². The van der Waals surface area contributed by atoms with Crippen LogP contribution in [0.3, 0.4) is 0 Å². The first-order valence-corrected chi connectivity index (χ1v) is 6.63. The Labute approximate surface area is 122 Å². The number of rotatable bonds is 3. The molecule has 0 spiro atoms. The van der Waals surface area contributed by atoms with Crippen LogP contribution in [-0.4, -0.2) is 5.11 Å². The molecule has 100 valence electrons. The van der Waals surface area contributed by atoms with E-state index in [1.165, 1.54) is 30.3 Å². The summed E-state index contributed by atoms with van der Waals surface area (Å²) in [6.45, 7) is 0. The fraction of sp³-hybridized carbons (Fsp3) is 0.143. The highest BCUT2D eigenvalue weighted by atomic mass is 127. The molecule has 1 N–H and O–H groups in total. The molecule has 0 aliphatic rings. The highest BCUT2D eigenvalue weighted by Crippen LogP contribution is 2.25. The van der Waals surface area contributed by atoms with E-state index in [0.717, 1.165) is 6.07 Å². The molecule has 0 aliphatic heterocycles. The van der Waals surface area contributed by atoms with Crippen molar-refractivity contribution in [2.45, 2.75) is 12.5 Å². The predicted molar refractivity (Wildman–Crippen MR) is 74.1 cm³/mol. The summed E-state index contributed by atoms with van der Waals surface area (Å²) >= 11 is 1.89. The van der Waals surface area contributed by atoms with Gasteiger partial charge in [-0.3, -0.25) is 0 Å². The van der Waals surface area contributed by atoms with Crippen molar-refractivity contribution in [1.82, 2.24) is 0 Å². The van der Waals surface area contributed by atoms with Crippen molar-refractivity contribution in [3.8, 4) is 0 Å². The first-order valence-electron chi connectivity index (χ1n) is 5.55. The van der Waals surface area contributed by atoms with Crippen LogP contribution in [-0.2, 0) is 6.42 Å². The van der Waals surface area contributed by atoms with E-state index in [-0.39, 0.29) is 12.0 Å². The van der Waals surface area contributed by atoms with E-state index < -0.39 is 23.6 Å². The minimum atomic E-state index is -1.01. The Morgan fingerprint density at radius 1 is 1.11 bits per heavy atom. The molecule has 2 aromatic rings. The third kappa shape index (κ3) is 3.27. The number of benzene rings is 2. The fourth-order valence-corrected chi connectivity index (χ4v) is 2.63. The zero-order valence-electron chi connectivity index (χ0n) is 9.71. The number of hydrogen-bond acceptors (Lipinski definition) is 1. The second kappa shape index (κ2) is 5.92. The topological polar surface area (TPSA) is 20.2 Å². The van der Waals surface area contributed by atoms with Crippen LogP contribution in [0.5, 0.6) is 0 Å². The normalized spacial score (nSPS) is 12.5. The van der Waals surface area contributed by atoms with Crippen LogP contribution in [0.4, 0.5) is 13.2 Å². The maximum absolute atomic E-state index is 13.5. The Balaban J connectivity index is 2.25. The van der Waals surface area contributed by atoms with Gasteiger partial charge in [0.15, 0.2) is 11.6 Å². The van der Waals surface area contributed by atoms with Gasteiger partial charge in [-0.2, -0.15) is 0 Å². The summed E-state index contributed by atoms with van der Waals surface area (Å²) in [5, 5.41) is 10.0. The highest BCUT2D eigenvalue weighted by Gasteiger charge is 2.16. The van der Waals surface area contributed by atoms with Gasteiger partial charge < -0.3 is 5.11 Å². The predicted octanol–water partition coefficient (Wildman–Crippen LogP) is 3.98. The second-order valence-corrected chi connectivity index (χ2v) is 5.26. The number of aliphatic hydroxyl groups excluding tert-OH is 1. The molecule has 0 bridgehead atoms. The summed E-state index contributed by atoms with van der Waals surface area (Å²) in [7, 11) is 0. The Hall–Kier alpha value is -1.08. The lowest BCUT2D eigenvalue weighted by atomic mass is 10.0. The van der Waals surface area contributed by atoms with Gasteiger partial charge >= 0.3 is 0 Å². The zero-order valence-corrected chi connectivity index (χ0v) is 11.9. The summed E-state index contributed by atoms with van der Waals surface area (Å²) < 4.78 is 40.1. The second-order valence-electron chi connectivity index (χ2n) is 4.10. The van der Waals surface area contributed by atoms with Crippen molar-refractivity contribution in [2.24, 2.45) is 0 Å². The Morgan fingerprint density at radius 3 is 2.53 bits per heavy atom. The molecule has 0 radical (unpaired) electrons. The van der Waals surface area contributed by atoms with Gasteiger partial charge in [0.05, 0.1) is 6.10 Å². The van der Waals surface area contributed by atoms with Gasteiger partial charge in [0.1, 0.15) is 5.82 Å². The highest BCUT2D eigenvalue weighted by molar-refractivity contribution is 14.1. The van der Waals surface area contributed by atoms with E-state index in [2.05, 4.69) is 0 Å². The Kier molecular flexibility index (Phi) is 4.46. The minimum Gasteiger partial charge on any atom is -0.388 e. The fourth-order valence-electron chi connectivity index (χ4n) is 1.80. The minimum absolute atomic E-state index is 0.0643. The van der Waals surface area contributed by atoms with E-state index >= 15 is 0 Å². The molecule has 0 aromatic heterocycles. The van der Waals surface area contributed by atoms with Crippen LogP contribution in [0.15, 0.2) is 36.4 Å². The first-order chi connectivity index (χ1) is 8.99. The van der Waals surface area contributed by atoms with E-state index in [1.54, 1.807) is 0 Å². The van der Waals surface area contributed by atoms with Gasteiger partial charge in [-0.1, -0.05) is 18.2 Å². The molecule has 5 heteroatoms. The smallest absolute Gasteiger partial charge is 0.162 e. The molecule has 0 aliphatic carbocycles. The summed E-state index contributed by atoms with van der Waals surface area (Å²) in [6, 6.07) is 7.77. The third-order valence-corrected chi connectivity index (χ3v) is 3.70. The van der Waals surface area contributed by atoms with Gasteiger partial charge in [0.25, 0.3) is 0 Å². The van der Waals surface area contributed by atoms with Gasteiger partial charge in [0, 0.05) is 9.99 Å². The molecule has 0 heterocycles. The van der Waals surface area contributed by atoms with Crippen LogP contribution in [0.1, 0.15) is 17.2 Å². The molecule has 0 saturated carbocycles. The van der Waals surface area contributed by atoms with Crippen molar-refractivity contribution in [1.29, 1.82) is 0 Å². The van der Waals surface area contributed by atoms with Gasteiger partial charge in [0.2, 0.25) is 0 Å². The molecule has 2 aromatic carbocycles. The molecule has 19 heavy (non-hydrogen) atoms. The summed E-state index contributed by atoms with van der Waals surface area (Å²) in [5.74, 6) is -2.31. The van der Waals surface area contributed by atoms with Crippen LogP contribution in [0, 0.1) is 21.0 Å². The number of halogens is 4. The van der Waals surface area contributed by atoms with Crippen LogP contribution < -0.4 is 0 Å². The molecule has 2 rings (SSSR count). The average Bonchev–Trinajstić information content (AvgIpc) is 2.34. The Morgan fingerprint density at radius 2 is 1.84 bits per heavy atom. The maximum atomic E-state index is 13.5. The standard InChI is InChI=1S/C14H10F3IO/c15-9-4-5-10(12(18)7-9)13(19)6-8-2-1-3-11(16)14(8)17/h1-5,7,13,19H,6H2. The maximum Gasteiger partial charge on any atom is 0.162 e. The number of aliphatic hydroxyl groups is 1. The first kappa shape index (κ1) is 14.3. The lowest BCUT2D eigenvalue weighted by Gasteiger charge is -2.13. The third-order valence-electron chi connectivity index (χ3n) is 2.77. The number of hydrogen-bond donors (Lipinski definition) is 1. The van der Waals surface area contributed by atoms with Crippen LogP contribution in [0.25, 0.3) is 0 Å². The molecular weight excluding hydrogens is 368 g/mol. The molecule has 0 amide bonds. The average molecular weight is 378 g/mol. The van der Waals surface area contributed by atoms with E-state index in [9.17, 15) is 18.3 Å². The molecule has 0 saturated heterocycles. The van der Waals surface area contributed by atoms with E-state index in [1.807, 2.05) is 22.6 Å². The molecule has 1 nitrogen and oxygen atoms in total. The van der Waals surface area contributed by atoms with Crippen molar-refractivity contribution < 1.29 is 18.3 Å². The van der Waals surface area contributed by atoms with Crippen LogP contribution >= 0.6 is 22.6 Å². The SMILES string of the molecule is OC(Cc1cccc(F)c1F)c1ccc(F)cc1I. The Bertz CT molecular complexity index is 601. The zero-order chi connectivity index (χ0) is 14.0. The van der Waals surface area contributed by atoms with Crippen molar-refractivity contribution in [3.05, 3.63) is 68.5 Å². The van der Waals surface area contributed by atoms with Gasteiger partial charge in [-0.05, 0) is 51.9 Å².